The Morgan fingerprint density at radius 2 is 2.08 bits per heavy atom. The second kappa shape index (κ2) is 6.68. The van der Waals surface area contributed by atoms with E-state index in [0.717, 1.165) is 35.2 Å². The van der Waals surface area contributed by atoms with Gasteiger partial charge >= 0.3 is 0 Å². The maximum atomic E-state index is 12.6. The molecule has 0 saturated carbocycles. The fourth-order valence-corrected chi connectivity index (χ4v) is 3.78. The molecule has 1 aliphatic heterocycles. The fraction of sp³-hybridized carbons (Fsp3) is 0.222. The van der Waals surface area contributed by atoms with Crippen LogP contribution < -0.4 is 4.90 Å². The largest absolute Gasteiger partial charge is 0.311 e. The third kappa shape index (κ3) is 3.02. The van der Waals surface area contributed by atoms with E-state index in [-0.39, 0.29) is 5.91 Å². The zero-order chi connectivity index (χ0) is 17.2. The standard InChI is InChI=1S/C18H17N5OS/c1-22-17(14-6-4-9-19-11-14)20-21-18(22)25-12-16(24)23-10-8-13-5-2-3-7-15(13)23/h2-7,9,11H,8,10,12H2,1H3. The fourth-order valence-electron chi connectivity index (χ4n) is 2.99. The summed E-state index contributed by atoms with van der Waals surface area (Å²) in [6.07, 6.45) is 4.40. The predicted molar refractivity (Wildman–Crippen MR) is 97.5 cm³/mol. The van der Waals surface area contributed by atoms with Crippen molar-refractivity contribution in [1.82, 2.24) is 19.7 Å². The van der Waals surface area contributed by atoms with Gasteiger partial charge in [-0.2, -0.15) is 0 Å². The molecule has 3 heterocycles. The lowest BCUT2D eigenvalue weighted by Crippen LogP contribution is -2.30. The first-order valence-corrected chi connectivity index (χ1v) is 9.03. The zero-order valence-electron chi connectivity index (χ0n) is 13.8. The van der Waals surface area contributed by atoms with Crippen molar-refractivity contribution < 1.29 is 4.79 Å². The van der Waals surface area contributed by atoms with Crippen LogP contribution in [0.2, 0.25) is 0 Å². The normalized spacial score (nSPS) is 13.1. The van der Waals surface area contributed by atoms with Gasteiger partial charge in [-0.15, -0.1) is 10.2 Å². The maximum absolute atomic E-state index is 12.6. The highest BCUT2D eigenvalue weighted by molar-refractivity contribution is 7.99. The molecule has 0 bridgehead atoms. The zero-order valence-corrected chi connectivity index (χ0v) is 14.6. The minimum atomic E-state index is 0.0980. The van der Waals surface area contributed by atoms with E-state index in [4.69, 9.17) is 0 Å². The molecule has 1 aromatic carbocycles. The Morgan fingerprint density at radius 3 is 2.92 bits per heavy atom. The molecule has 25 heavy (non-hydrogen) atoms. The van der Waals surface area contributed by atoms with Crippen LogP contribution in [-0.4, -0.2) is 38.0 Å². The summed E-state index contributed by atoms with van der Waals surface area (Å²) in [5, 5.41) is 9.16. The Labute approximate surface area is 149 Å². The number of carbonyl (C=O) groups excluding carboxylic acids is 1. The van der Waals surface area contributed by atoms with Crippen molar-refractivity contribution in [2.24, 2.45) is 7.05 Å². The molecule has 0 fully saturated rings. The Hall–Kier alpha value is -2.67. The first-order valence-electron chi connectivity index (χ1n) is 8.05. The van der Waals surface area contributed by atoms with Gasteiger partial charge in [-0.25, -0.2) is 0 Å². The number of amides is 1. The highest BCUT2D eigenvalue weighted by Gasteiger charge is 2.24. The molecule has 1 amide bonds. The van der Waals surface area contributed by atoms with Crippen LogP contribution in [-0.2, 0) is 18.3 Å². The number of thioether (sulfide) groups is 1. The van der Waals surface area contributed by atoms with Crippen molar-refractivity contribution in [3.63, 3.8) is 0 Å². The van der Waals surface area contributed by atoms with E-state index in [0.29, 0.717) is 5.75 Å². The number of benzene rings is 1. The molecule has 1 aliphatic rings. The van der Waals surface area contributed by atoms with Crippen molar-refractivity contribution >= 4 is 23.4 Å². The number of nitrogens with zero attached hydrogens (tertiary/aromatic N) is 5. The van der Waals surface area contributed by atoms with Crippen LogP contribution >= 0.6 is 11.8 Å². The number of carbonyl (C=O) groups is 1. The summed E-state index contributed by atoms with van der Waals surface area (Å²) in [6, 6.07) is 11.9. The first kappa shape index (κ1) is 15.8. The van der Waals surface area contributed by atoms with Gasteiger partial charge in [0.05, 0.1) is 5.75 Å². The van der Waals surface area contributed by atoms with Crippen LogP contribution in [0.1, 0.15) is 5.56 Å². The van der Waals surface area contributed by atoms with Crippen molar-refractivity contribution in [2.75, 3.05) is 17.2 Å². The van der Waals surface area contributed by atoms with E-state index in [1.54, 1.807) is 12.4 Å². The van der Waals surface area contributed by atoms with E-state index in [2.05, 4.69) is 21.2 Å². The summed E-state index contributed by atoms with van der Waals surface area (Å²) in [5.74, 6) is 1.18. The molecule has 0 atom stereocenters. The average Bonchev–Trinajstić information content (AvgIpc) is 3.24. The number of para-hydroxylation sites is 1. The number of pyridine rings is 1. The van der Waals surface area contributed by atoms with E-state index in [1.807, 2.05) is 46.8 Å². The lowest BCUT2D eigenvalue weighted by molar-refractivity contribution is -0.116. The summed E-state index contributed by atoms with van der Waals surface area (Å²) < 4.78 is 1.90. The number of anilines is 1. The molecule has 0 radical (unpaired) electrons. The van der Waals surface area contributed by atoms with E-state index < -0.39 is 0 Å². The quantitative estimate of drug-likeness (QED) is 0.676. The van der Waals surface area contributed by atoms with Crippen LogP contribution in [0.4, 0.5) is 5.69 Å². The summed E-state index contributed by atoms with van der Waals surface area (Å²) in [4.78, 5) is 18.6. The van der Waals surface area contributed by atoms with E-state index in [9.17, 15) is 4.79 Å². The van der Waals surface area contributed by atoms with Gasteiger partial charge in [0, 0.05) is 37.2 Å². The summed E-state index contributed by atoms with van der Waals surface area (Å²) in [6.45, 7) is 0.749. The molecular weight excluding hydrogens is 334 g/mol. The van der Waals surface area contributed by atoms with Crippen molar-refractivity contribution in [3.8, 4) is 11.4 Å². The molecule has 0 spiro atoms. The molecule has 3 aromatic rings. The SMILES string of the molecule is Cn1c(SCC(=O)N2CCc3ccccc32)nnc1-c1cccnc1. The first-order chi connectivity index (χ1) is 12.2. The van der Waals surface area contributed by atoms with Crippen molar-refractivity contribution in [3.05, 3.63) is 54.4 Å². The molecular formula is C18H17N5OS. The molecule has 2 aromatic heterocycles. The molecule has 6 nitrogen and oxygen atoms in total. The highest BCUT2D eigenvalue weighted by atomic mass is 32.2. The number of aromatic nitrogens is 4. The second-order valence-electron chi connectivity index (χ2n) is 5.82. The van der Waals surface area contributed by atoms with Crippen LogP contribution in [0.5, 0.6) is 0 Å². The Kier molecular flexibility index (Phi) is 4.23. The Balaban J connectivity index is 1.46. The molecule has 126 valence electrons. The van der Waals surface area contributed by atoms with Crippen LogP contribution in [0, 0.1) is 0 Å². The van der Waals surface area contributed by atoms with Gasteiger partial charge in [-0.3, -0.25) is 9.78 Å². The van der Waals surface area contributed by atoms with Gasteiger partial charge < -0.3 is 9.47 Å². The molecule has 0 aliphatic carbocycles. The summed E-state index contributed by atoms with van der Waals surface area (Å²) in [7, 11) is 1.90. The second-order valence-corrected chi connectivity index (χ2v) is 6.76. The summed E-state index contributed by atoms with van der Waals surface area (Å²) in [5.41, 5.74) is 3.17. The Bertz CT molecular complexity index is 909. The monoisotopic (exact) mass is 351 g/mol. The topological polar surface area (TPSA) is 63.9 Å². The molecule has 0 unspecified atom stereocenters. The summed E-state index contributed by atoms with van der Waals surface area (Å²) >= 11 is 1.41. The highest BCUT2D eigenvalue weighted by Crippen LogP contribution is 2.29. The molecule has 0 saturated heterocycles. The third-order valence-corrected chi connectivity index (χ3v) is 5.27. The Morgan fingerprint density at radius 1 is 1.20 bits per heavy atom. The number of hydrogen-bond acceptors (Lipinski definition) is 5. The number of rotatable bonds is 4. The van der Waals surface area contributed by atoms with E-state index >= 15 is 0 Å². The molecule has 0 N–H and O–H groups in total. The number of fused-ring (bicyclic) bond motifs is 1. The van der Waals surface area contributed by atoms with Crippen LogP contribution in [0.15, 0.2) is 53.9 Å². The van der Waals surface area contributed by atoms with E-state index in [1.165, 1.54) is 17.3 Å². The van der Waals surface area contributed by atoms with Gasteiger partial charge in [0.15, 0.2) is 11.0 Å². The van der Waals surface area contributed by atoms with Crippen LogP contribution in [0.25, 0.3) is 11.4 Å². The van der Waals surface area contributed by atoms with Crippen molar-refractivity contribution in [1.29, 1.82) is 0 Å². The maximum Gasteiger partial charge on any atom is 0.237 e. The van der Waals surface area contributed by atoms with Gasteiger partial charge in [-0.1, -0.05) is 30.0 Å². The average molecular weight is 351 g/mol. The predicted octanol–water partition coefficient (Wildman–Crippen LogP) is 2.56. The molecule has 7 heteroatoms. The third-order valence-electron chi connectivity index (χ3n) is 4.27. The van der Waals surface area contributed by atoms with Gasteiger partial charge in [0.25, 0.3) is 0 Å². The molecule has 4 rings (SSSR count). The van der Waals surface area contributed by atoms with Crippen LogP contribution in [0.3, 0.4) is 0 Å². The minimum Gasteiger partial charge on any atom is -0.311 e. The lowest BCUT2D eigenvalue weighted by Gasteiger charge is -2.16. The minimum absolute atomic E-state index is 0.0980. The van der Waals surface area contributed by atoms with Gasteiger partial charge in [0.1, 0.15) is 0 Å². The van der Waals surface area contributed by atoms with Gasteiger partial charge in [-0.05, 0) is 30.2 Å². The smallest absolute Gasteiger partial charge is 0.237 e. The van der Waals surface area contributed by atoms with Crippen molar-refractivity contribution in [2.45, 2.75) is 11.6 Å². The van der Waals surface area contributed by atoms with Gasteiger partial charge in [0.2, 0.25) is 5.91 Å². The number of hydrogen-bond donors (Lipinski definition) is 0. The lowest BCUT2D eigenvalue weighted by atomic mass is 10.2.